The van der Waals surface area contributed by atoms with Gasteiger partial charge in [-0.1, -0.05) is 54.1 Å². The first kappa shape index (κ1) is 20.8. The number of H-pyrrole nitrogens is 1. The van der Waals surface area contributed by atoms with Crippen LogP contribution in [0, 0.1) is 0 Å². The zero-order valence-electron chi connectivity index (χ0n) is 18.7. The number of imide groups is 1. The highest BCUT2D eigenvalue weighted by molar-refractivity contribution is 6.31. The van der Waals surface area contributed by atoms with E-state index in [2.05, 4.69) is 11.1 Å². The number of hydrogen-bond acceptors (Lipinski definition) is 3. The molecule has 3 heterocycles. The number of amides is 3. The number of para-hydroxylation sites is 2. The number of anilines is 1. The van der Waals surface area contributed by atoms with Gasteiger partial charge >= 0.3 is 6.03 Å². The van der Waals surface area contributed by atoms with Crippen LogP contribution in [0.25, 0.3) is 10.9 Å². The molecule has 34 heavy (non-hydrogen) atoms. The Kier molecular flexibility index (Phi) is 4.51. The number of halogens is 1. The lowest BCUT2D eigenvalue weighted by Crippen LogP contribution is -2.50. The fourth-order valence-corrected chi connectivity index (χ4v) is 5.65. The summed E-state index contributed by atoms with van der Waals surface area (Å²) in [7, 11) is 1.65. The van der Waals surface area contributed by atoms with Crippen LogP contribution in [0.3, 0.4) is 0 Å². The maximum Gasteiger partial charge on any atom is 0.332 e. The van der Waals surface area contributed by atoms with Crippen LogP contribution in [0.1, 0.15) is 29.7 Å². The molecule has 1 fully saturated rings. The number of nitrogens with zero attached hydrogens (tertiary/aromatic N) is 2. The summed E-state index contributed by atoms with van der Waals surface area (Å²) in [6.07, 6.45) is 0. The van der Waals surface area contributed by atoms with E-state index in [-0.39, 0.29) is 17.9 Å². The molecule has 1 saturated heterocycles. The summed E-state index contributed by atoms with van der Waals surface area (Å²) in [6, 6.07) is 22.3. The molecule has 6 rings (SSSR count). The van der Waals surface area contributed by atoms with Crippen LogP contribution in [-0.2, 0) is 10.3 Å². The summed E-state index contributed by atoms with van der Waals surface area (Å²) in [5, 5.41) is 1.50. The second-order valence-electron chi connectivity index (χ2n) is 8.84. The summed E-state index contributed by atoms with van der Waals surface area (Å²) in [5.41, 5.74) is 2.94. The fourth-order valence-electron chi connectivity index (χ4n) is 5.47. The highest BCUT2D eigenvalue weighted by Crippen LogP contribution is 2.51. The number of methoxy groups -OCH3 is 1. The SMILES string of the molecule is COc1ccccc1[C@H]1CN2C(=O)N(c3cccc(Cl)c3)C(=O)[C@]2(C)c2[nH]c3ccccc3c21. The summed E-state index contributed by atoms with van der Waals surface area (Å²) < 4.78 is 5.68. The molecule has 1 N–H and O–H groups in total. The van der Waals surface area contributed by atoms with Gasteiger partial charge in [-0.3, -0.25) is 4.79 Å². The molecule has 2 aliphatic heterocycles. The predicted octanol–water partition coefficient (Wildman–Crippen LogP) is 5.66. The summed E-state index contributed by atoms with van der Waals surface area (Å²) in [6.45, 7) is 2.16. The van der Waals surface area contributed by atoms with E-state index >= 15 is 0 Å². The third-order valence-corrected chi connectivity index (χ3v) is 7.34. The Balaban J connectivity index is 1.60. The summed E-state index contributed by atoms with van der Waals surface area (Å²) in [5.74, 6) is 0.273. The Morgan fingerprint density at radius 2 is 1.79 bits per heavy atom. The average Bonchev–Trinajstić information content (AvgIpc) is 3.33. The van der Waals surface area contributed by atoms with E-state index in [4.69, 9.17) is 16.3 Å². The van der Waals surface area contributed by atoms with Gasteiger partial charge in [-0.2, -0.15) is 0 Å². The number of nitrogens with one attached hydrogen (secondary N) is 1. The van der Waals surface area contributed by atoms with Crippen LogP contribution in [0.15, 0.2) is 72.8 Å². The second kappa shape index (κ2) is 7.37. The molecule has 0 unspecified atom stereocenters. The summed E-state index contributed by atoms with van der Waals surface area (Å²) in [4.78, 5) is 34.1. The highest BCUT2D eigenvalue weighted by atomic mass is 35.5. The number of ether oxygens (including phenoxy) is 1. The maximum absolute atomic E-state index is 14.0. The third kappa shape index (κ3) is 2.69. The Morgan fingerprint density at radius 1 is 1.03 bits per heavy atom. The molecule has 4 aromatic rings. The number of urea groups is 1. The molecule has 0 saturated carbocycles. The third-order valence-electron chi connectivity index (χ3n) is 7.11. The number of rotatable bonds is 3. The Morgan fingerprint density at radius 3 is 2.59 bits per heavy atom. The molecule has 1 aromatic heterocycles. The van der Waals surface area contributed by atoms with Crippen molar-refractivity contribution in [3.8, 4) is 5.75 Å². The van der Waals surface area contributed by atoms with Crippen LogP contribution in [0.2, 0.25) is 5.02 Å². The van der Waals surface area contributed by atoms with Gasteiger partial charge in [0.15, 0.2) is 5.54 Å². The molecule has 2 atom stereocenters. The topological polar surface area (TPSA) is 65.6 Å². The predicted molar refractivity (Wildman–Crippen MR) is 132 cm³/mol. The number of fused-ring (bicyclic) bond motifs is 5. The lowest BCUT2D eigenvalue weighted by Gasteiger charge is -2.40. The van der Waals surface area contributed by atoms with E-state index in [0.717, 1.165) is 33.5 Å². The number of aromatic amines is 1. The molecular formula is C27H22ClN3O3. The molecule has 0 aliphatic carbocycles. The molecule has 6 nitrogen and oxygen atoms in total. The van der Waals surface area contributed by atoms with Gasteiger partial charge < -0.3 is 14.6 Å². The molecule has 0 spiro atoms. The van der Waals surface area contributed by atoms with E-state index in [1.165, 1.54) is 4.90 Å². The van der Waals surface area contributed by atoms with Crippen LogP contribution in [-0.4, -0.2) is 35.5 Å². The van der Waals surface area contributed by atoms with Gasteiger partial charge in [0.1, 0.15) is 5.75 Å². The minimum atomic E-state index is -1.17. The Bertz CT molecular complexity index is 1480. The van der Waals surface area contributed by atoms with Crippen LogP contribution in [0.5, 0.6) is 5.75 Å². The maximum atomic E-state index is 14.0. The van der Waals surface area contributed by atoms with Gasteiger partial charge in [-0.25, -0.2) is 9.69 Å². The Hall–Kier alpha value is -3.77. The van der Waals surface area contributed by atoms with Gasteiger partial charge in [0.2, 0.25) is 0 Å². The monoisotopic (exact) mass is 471 g/mol. The van der Waals surface area contributed by atoms with Crippen molar-refractivity contribution in [3.05, 3.63) is 94.6 Å². The first-order valence-electron chi connectivity index (χ1n) is 11.1. The van der Waals surface area contributed by atoms with Crippen molar-refractivity contribution in [2.45, 2.75) is 18.4 Å². The highest BCUT2D eigenvalue weighted by Gasteiger charge is 2.60. The minimum Gasteiger partial charge on any atom is -0.496 e. The van der Waals surface area contributed by atoms with Crippen LogP contribution < -0.4 is 9.64 Å². The molecule has 170 valence electrons. The van der Waals surface area contributed by atoms with E-state index < -0.39 is 5.54 Å². The van der Waals surface area contributed by atoms with Gasteiger partial charge in [0, 0.05) is 34.0 Å². The van der Waals surface area contributed by atoms with E-state index in [9.17, 15) is 9.59 Å². The second-order valence-corrected chi connectivity index (χ2v) is 9.28. The van der Waals surface area contributed by atoms with Crippen molar-refractivity contribution in [1.82, 2.24) is 9.88 Å². The molecule has 3 aromatic carbocycles. The van der Waals surface area contributed by atoms with E-state index in [1.807, 2.05) is 49.4 Å². The van der Waals surface area contributed by atoms with E-state index in [0.29, 0.717) is 17.3 Å². The number of carbonyl (C=O) groups excluding carboxylic acids is 2. The normalized spacial score (nSPS) is 21.7. The first-order valence-corrected chi connectivity index (χ1v) is 11.5. The Labute approximate surface area is 201 Å². The van der Waals surface area contributed by atoms with Crippen LogP contribution >= 0.6 is 11.6 Å². The van der Waals surface area contributed by atoms with Gasteiger partial charge in [0.05, 0.1) is 18.5 Å². The lowest BCUT2D eigenvalue weighted by atomic mass is 9.78. The smallest absolute Gasteiger partial charge is 0.332 e. The van der Waals surface area contributed by atoms with Crippen molar-refractivity contribution < 1.29 is 14.3 Å². The quantitative estimate of drug-likeness (QED) is 0.392. The van der Waals surface area contributed by atoms with Crippen LogP contribution in [0.4, 0.5) is 10.5 Å². The molecular weight excluding hydrogens is 450 g/mol. The van der Waals surface area contributed by atoms with Crippen molar-refractivity contribution in [2.24, 2.45) is 0 Å². The van der Waals surface area contributed by atoms with Crippen molar-refractivity contribution in [3.63, 3.8) is 0 Å². The molecule has 7 heteroatoms. The largest absolute Gasteiger partial charge is 0.496 e. The molecule has 2 aliphatic rings. The number of aromatic nitrogens is 1. The van der Waals surface area contributed by atoms with E-state index in [1.54, 1.807) is 36.3 Å². The number of benzene rings is 3. The van der Waals surface area contributed by atoms with Crippen molar-refractivity contribution in [2.75, 3.05) is 18.6 Å². The zero-order valence-corrected chi connectivity index (χ0v) is 19.5. The number of hydrogen-bond donors (Lipinski definition) is 1. The standard InChI is InChI=1S/C27H22ClN3O3/c1-27-24-23(19-11-3-5-12-21(19)29-24)20(18-10-4-6-13-22(18)34-2)15-30(27)26(33)31(25(27)32)17-9-7-8-16(28)14-17/h3-14,20,29H,15H2,1-2H3/t20-,27+/m1/s1. The fraction of sp³-hybridized carbons (Fsp3) is 0.185. The zero-order chi connectivity index (χ0) is 23.6. The van der Waals surface area contributed by atoms with Gasteiger partial charge in [-0.15, -0.1) is 0 Å². The molecule has 0 bridgehead atoms. The molecule has 3 amide bonds. The van der Waals surface area contributed by atoms with Gasteiger partial charge in [0.25, 0.3) is 5.91 Å². The lowest BCUT2D eigenvalue weighted by molar-refractivity contribution is -0.125. The molecule has 0 radical (unpaired) electrons. The average molecular weight is 472 g/mol. The van der Waals surface area contributed by atoms with Crippen molar-refractivity contribution >= 4 is 40.1 Å². The first-order chi connectivity index (χ1) is 16.4. The number of carbonyl (C=O) groups is 2. The minimum absolute atomic E-state index is 0.175. The van der Waals surface area contributed by atoms with Crippen molar-refractivity contribution in [1.29, 1.82) is 0 Å². The summed E-state index contributed by atoms with van der Waals surface area (Å²) >= 11 is 6.19. The van der Waals surface area contributed by atoms with Gasteiger partial charge in [-0.05, 0) is 42.8 Å².